The SMILES string of the molecule is c1ccc2c(c1)ccc1c(-c3cc(-c4cccc5c4sc4ccccc45)cc(-c4cccc5c4sc4ccccc45)c3)cccc12. The first kappa shape index (κ1) is 26.0. The third kappa shape index (κ3) is 3.91. The van der Waals surface area contributed by atoms with Crippen molar-refractivity contribution in [2.45, 2.75) is 0 Å². The zero-order valence-corrected chi connectivity index (χ0v) is 26.5. The van der Waals surface area contributed by atoms with Crippen molar-refractivity contribution in [2.75, 3.05) is 0 Å². The van der Waals surface area contributed by atoms with Gasteiger partial charge in [-0.2, -0.15) is 0 Å². The Bertz CT molecular complexity index is 2680. The summed E-state index contributed by atoms with van der Waals surface area (Å²) in [5, 5.41) is 10.5. The molecule has 0 spiro atoms. The first-order valence-electron chi connectivity index (χ1n) is 15.7. The summed E-state index contributed by atoms with van der Waals surface area (Å²) in [5.41, 5.74) is 7.58. The third-order valence-electron chi connectivity index (χ3n) is 9.46. The molecule has 2 heteroatoms. The molecule has 10 aromatic rings. The van der Waals surface area contributed by atoms with Gasteiger partial charge in [-0.3, -0.25) is 0 Å². The lowest BCUT2D eigenvalue weighted by atomic mass is 9.89. The van der Waals surface area contributed by atoms with Crippen molar-refractivity contribution in [3.63, 3.8) is 0 Å². The van der Waals surface area contributed by atoms with Gasteiger partial charge in [0.1, 0.15) is 0 Å². The van der Waals surface area contributed by atoms with Crippen LogP contribution in [-0.2, 0) is 0 Å². The van der Waals surface area contributed by atoms with Crippen LogP contribution in [0.25, 0.3) is 95.3 Å². The van der Waals surface area contributed by atoms with Crippen LogP contribution in [0.5, 0.6) is 0 Å². The zero-order chi connectivity index (χ0) is 30.2. The highest BCUT2D eigenvalue weighted by molar-refractivity contribution is 7.26. The average Bonchev–Trinajstić information content (AvgIpc) is 3.70. The van der Waals surface area contributed by atoms with E-state index in [9.17, 15) is 0 Å². The van der Waals surface area contributed by atoms with E-state index in [2.05, 4.69) is 158 Å². The molecule has 10 rings (SSSR count). The predicted molar refractivity (Wildman–Crippen MR) is 204 cm³/mol. The molecule has 0 saturated heterocycles. The topological polar surface area (TPSA) is 0 Å². The fourth-order valence-electron chi connectivity index (χ4n) is 7.34. The molecule has 0 nitrogen and oxygen atoms in total. The molecule has 2 heterocycles. The molecule has 0 fully saturated rings. The molecule has 0 saturated carbocycles. The van der Waals surface area contributed by atoms with E-state index in [1.165, 1.54) is 95.3 Å². The monoisotopic (exact) mass is 618 g/mol. The average molecular weight is 619 g/mol. The Morgan fingerprint density at radius 2 is 0.739 bits per heavy atom. The van der Waals surface area contributed by atoms with Crippen molar-refractivity contribution in [1.29, 1.82) is 0 Å². The fraction of sp³-hybridized carbons (Fsp3) is 0. The molecular weight excluding hydrogens is 593 g/mol. The lowest BCUT2D eigenvalue weighted by Gasteiger charge is -2.15. The summed E-state index contributed by atoms with van der Waals surface area (Å²) in [6.45, 7) is 0. The van der Waals surface area contributed by atoms with Crippen LogP contribution >= 0.6 is 22.7 Å². The van der Waals surface area contributed by atoms with E-state index in [-0.39, 0.29) is 0 Å². The highest BCUT2D eigenvalue weighted by atomic mass is 32.1. The van der Waals surface area contributed by atoms with Gasteiger partial charge in [-0.15, -0.1) is 22.7 Å². The van der Waals surface area contributed by atoms with Crippen LogP contribution in [0, 0.1) is 0 Å². The van der Waals surface area contributed by atoms with Crippen LogP contribution in [0.1, 0.15) is 0 Å². The summed E-state index contributed by atoms with van der Waals surface area (Å²) in [4.78, 5) is 0. The summed E-state index contributed by atoms with van der Waals surface area (Å²) < 4.78 is 5.35. The zero-order valence-electron chi connectivity index (χ0n) is 24.8. The minimum atomic E-state index is 1.24. The molecule has 0 amide bonds. The van der Waals surface area contributed by atoms with Crippen LogP contribution in [0.15, 0.2) is 158 Å². The Balaban J connectivity index is 1.29. The third-order valence-corrected chi connectivity index (χ3v) is 11.9. The van der Waals surface area contributed by atoms with Crippen LogP contribution in [0.4, 0.5) is 0 Å². The number of benzene rings is 8. The van der Waals surface area contributed by atoms with Gasteiger partial charge in [0.15, 0.2) is 0 Å². The van der Waals surface area contributed by atoms with Gasteiger partial charge in [0.2, 0.25) is 0 Å². The molecule has 0 radical (unpaired) electrons. The van der Waals surface area contributed by atoms with E-state index in [4.69, 9.17) is 0 Å². The molecule has 8 aromatic carbocycles. The van der Waals surface area contributed by atoms with Crippen LogP contribution in [0.2, 0.25) is 0 Å². The molecule has 0 aliphatic heterocycles. The molecular formula is C44H26S2. The number of fused-ring (bicyclic) bond motifs is 9. The van der Waals surface area contributed by atoms with Crippen LogP contribution in [0.3, 0.4) is 0 Å². The lowest BCUT2D eigenvalue weighted by molar-refractivity contribution is 1.62. The Labute approximate surface area is 274 Å². The summed E-state index contributed by atoms with van der Waals surface area (Å²) in [5.74, 6) is 0. The summed E-state index contributed by atoms with van der Waals surface area (Å²) >= 11 is 3.80. The molecule has 0 aliphatic rings. The maximum atomic E-state index is 2.42. The van der Waals surface area contributed by atoms with Crippen molar-refractivity contribution in [3.8, 4) is 33.4 Å². The molecule has 46 heavy (non-hydrogen) atoms. The van der Waals surface area contributed by atoms with Crippen molar-refractivity contribution >= 4 is 84.6 Å². The van der Waals surface area contributed by atoms with Gasteiger partial charge < -0.3 is 0 Å². The van der Waals surface area contributed by atoms with Crippen molar-refractivity contribution in [3.05, 3.63) is 158 Å². The van der Waals surface area contributed by atoms with E-state index in [0.29, 0.717) is 0 Å². The van der Waals surface area contributed by atoms with Crippen LogP contribution < -0.4 is 0 Å². The summed E-state index contributed by atoms with van der Waals surface area (Å²) in [6.07, 6.45) is 0. The Hall–Kier alpha value is -5.28. The van der Waals surface area contributed by atoms with Gasteiger partial charge in [-0.1, -0.05) is 127 Å². The molecule has 0 bridgehead atoms. The Morgan fingerprint density at radius 3 is 1.35 bits per heavy atom. The van der Waals surface area contributed by atoms with Gasteiger partial charge in [0, 0.05) is 40.3 Å². The van der Waals surface area contributed by atoms with E-state index in [1.54, 1.807) is 0 Å². The molecule has 0 N–H and O–H groups in total. The second kappa shape index (κ2) is 10.1. The van der Waals surface area contributed by atoms with Gasteiger partial charge in [-0.25, -0.2) is 0 Å². The maximum Gasteiger partial charge on any atom is 0.0433 e. The summed E-state index contributed by atoms with van der Waals surface area (Å²) in [7, 11) is 0. The van der Waals surface area contributed by atoms with Crippen molar-refractivity contribution in [2.24, 2.45) is 0 Å². The number of thiophene rings is 2. The smallest absolute Gasteiger partial charge is 0.0433 e. The van der Waals surface area contributed by atoms with E-state index < -0.39 is 0 Å². The Kier molecular flexibility index (Phi) is 5.72. The predicted octanol–water partition coefficient (Wildman–Crippen LogP) is 13.7. The largest absolute Gasteiger partial charge is 0.135 e. The molecule has 0 atom stereocenters. The normalized spacial score (nSPS) is 11.9. The standard InChI is InChI=1S/C44H26S2/c1-2-11-31-27(10-1)22-23-36-32(14-7-17-35(31)36)28-24-29(33-15-8-18-39-37-12-3-5-20-41(37)45-43(33)39)26-30(25-28)34-16-9-19-40-38-13-4-6-21-42(38)46-44(34)40/h1-26H. The Morgan fingerprint density at radius 1 is 0.283 bits per heavy atom. The van der Waals surface area contributed by atoms with E-state index >= 15 is 0 Å². The van der Waals surface area contributed by atoms with Gasteiger partial charge in [0.25, 0.3) is 0 Å². The minimum Gasteiger partial charge on any atom is -0.135 e. The number of hydrogen-bond donors (Lipinski definition) is 0. The summed E-state index contributed by atoms with van der Waals surface area (Å²) in [6, 6.07) is 58.5. The maximum absolute atomic E-state index is 2.42. The minimum absolute atomic E-state index is 1.24. The first-order valence-corrected chi connectivity index (χ1v) is 17.3. The number of hydrogen-bond acceptors (Lipinski definition) is 2. The molecule has 0 unspecified atom stereocenters. The fourth-order valence-corrected chi connectivity index (χ4v) is 9.81. The number of rotatable bonds is 3. The highest BCUT2D eigenvalue weighted by Gasteiger charge is 2.17. The van der Waals surface area contributed by atoms with Crippen molar-refractivity contribution in [1.82, 2.24) is 0 Å². The second-order valence-electron chi connectivity index (χ2n) is 12.0. The quantitative estimate of drug-likeness (QED) is 0.173. The van der Waals surface area contributed by atoms with Gasteiger partial charge in [-0.05, 0) is 85.3 Å². The van der Waals surface area contributed by atoms with Gasteiger partial charge in [0.05, 0.1) is 0 Å². The molecule has 2 aromatic heterocycles. The highest BCUT2D eigenvalue weighted by Crippen LogP contribution is 2.45. The van der Waals surface area contributed by atoms with Gasteiger partial charge >= 0.3 is 0 Å². The first-order chi connectivity index (χ1) is 22.8. The second-order valence-corrected chi connectivity index (χ2v) is 14.2. The lowest BCUT2D eigenvalue weighted by Crippen LogP contribution is -1.88. The van der Waals surface area contributed by atoms with Crippen molar-refractivity contribution < 1.29 is 0 Å². The van der Waals surface area contributed by atoms with Crippen LogP contribution in [-0.4, -0.2) is 0 Å². The molecule has 214 valence electrons. The van der Waals surface area contributed by atoms with E-state index in [1.807, 2.05) is 22.7 Å². The van der Waals surface area contributed by atoms with E-state index in [0.717, 1.165) is 0 Å². The molecule has 0 aliphatic carbocycles.